The average Bonchev–Trinajstić information content (AvgIpc) is 2.49. The van der Waals surface area contributed by atoms with Crippen molar-refractivity contribution in [1.29, 1.82) is 5.26 Å². The first-order valence-corrected chi connectivity index (χ1v) is 6.69. The van der Waals surface area contributed by atoms with Crippen LogP contribution in [-0.2, 0) is 9.59 Å². The highest BCUT2D eigenvalue weighted by atomic mass is 16.4. The van der Waals surface area contributed by atoms with E-state index in [1.54, 1.807) is 37.3 Å². The molecule has 0 heterocycles. The maximum absolute atomic E-state index is 11.8. The van der Waals surface area contributed by atoms with Gasteiger partial charge in [-0.05, 0) is 29.7 Å². The second-order valence-electron chi connectivity index (χ2n) is 4.78. The molecule has 0 fully saturated rings. The first kappa shape index (κ1) is 16.4. The molecule has 1 aromatic carbocycles. The number of carboxylic acid groups (broad SMARTS) is 1. The number of aliphatic carboxylic acids is 1. The van der Waals surface area contributed by atoms with Gasteiger partial charge in [-0.3, -0.25) is 4.79 Å². The minimum Gasteiger partial charge on any atom is -0.480 e. The highest BCUT2D eigenvalue weighted by molar-refractivity contribution is 5.94. The SMILES string of the molecule is CCC(C)[C@H](NC(=O)/C=C/c1cccc(C#N)c1)C(=O)O. The lowest BCUT2D eigenvalue weighted by molar-refractivity contribution is -0.142. The Bertz CT molecular complexity index is 587. The molecular formula is C16H18N2O3. The third-order valence-corrected chi connectivity index (χ3v) is 3.22. The van der Waals surface area contributed by atoms with Gasteiger partial charge in [0.1, 0.15) is 6.04 Å². The molecular weight excluding hydrogens is 268 g/mol. The lowest BCUT2D eigenvalue weighted by Gasteiger charge is -2.19. The van der Waals surface area contributed by atoms with Gasteiger partial charge in [0, 0.05) is 6.08 Å². The van der Waals surface area contributed by atoms with Crippen LogP contribution >= 0.6 is 0 Å². The van der Waals surface area contributed by atoms with E-state index in [0.29, 0.717) is 17.5 Å². The van der Waals surface area contributed by atoms with E-state index < -0.39 is 17.9 Å². The molecule has 0 aliphatic rings. The van der Waals surface area contributed by atoms with Crippen molar-refractivity contribution in [3.63, 3.8) is 0 Å². The molecule has 0 saturated heterocycles. The summed E-state index contributed by atoms with van der Waals surface area (Å²) >= 11 is 0. The molecule has 2 atom stereocenters. The van der Waals surface area contributed by atoms with Crippen LogP contribution in [0.3, 0.4) is 0 Å². The second kappa shape index (κ2) is 7.85. The number of nitrogens with zero attached hydrogens (tertiary/aromatic N) is 1. The summed E-state index contributed by atoms with van der Waals surface area (Å²) in [6.07, 6.45) is 3.48. The lowest BCUT2D eigenvalue weighted by Crippen LogP contribution is -2.44. The Morgan fingerprint density at radius 1 is 1.48 bits per heavy atom. The van der Waals surface area contributed by atoms with E-state index in [4.69, 9.17) is 10.4 Å². The van der Waals surface area contributed by atoms with Crippen molar-refractivity contribution in [3.8, 4) is 6.07 Å². The van der Waals surface area contributed by atoms with Crippen molar-refractivity contribution in [3.05, 3.63) is 41.5 Å². The molecule has 1 amide bonds. The summed E-state index contributed by atoms with van der Waals surface area (Å²) in [6.45, 7) is 3.65. The Hall–Kier alpha value is -2.61. The van der Waals surface area contributed by atoms with Crippen LogP contribution in [0.5, 0.6) is 0 Å². The molecule has 5 nitrogen and oxygen atoms in total. The van der Waals surface area contributed by atoms with Gasteiger partial charge in [-0.2, -0.15) is 5.26 Å². The Morgan fingerprint density at radius 3 is 2.76 bits per heavy atom. The summed E-state index contributed by atoms with van der Waals surface area (Å²) in [7, 11) is 0. The molecule has 1 rings (SSSR count). The normalized spacial score (nSPS) is 13.4. The van der Waals surface area contributed by atoms with Gasteiger partial charge in [0.05, 0.1) is 11.6 Å². The van der Waals surface area contributed by atoms with Gasteiger partial charge in [-0.15, -0.1) is 0 Å². The van der Waals surface area contributed by atoms with E-state index in [9.17, 15) is 9.59 Å². The smallest absolute Gasteiger partial charge is 0.326 e. The Balaban J connectivity index is 2.73. The van der Waals surface area contributed by atoms with Crippen molar-refractivity contribution in [2.75, 3.05) is 0 Å². The van der Waals surface area contributed by atoms with Gasteiger partial charge in [-0.25, -0.2) is 4.79 Å². The zero-order chi connectivity index (χ0) is 15.8. The van der Waals surface area contributed by atoms with Crippen LogP contribution in [0.15, 0.2) is 30.3 Å². The molecule has 0 spiro atoms. The number of rotatable bonds is 6. The van der Waals surface area contributed by atoms with Crippen molar-refractivity contribution < 1.29 is 14.7 Å². The lowest BCUT2D eigenvalue weighted by atomic mass is 9.99. The molecule has 1 aromatic rings. The minimum atomic E-state index is -1.04. The van der Waals surface area contributed by atoms with Gasteiger partial charge >= 0.3 is 5.97 Å². The van der Waals surface area contributed by atoms with Gasteiger partial charge in [0.15, 0.2) is 0 Å². The topological polar surface area (TPSA) is 90.2 Å². The summed E-state index contributed by atoms with van der Waals surface area (Å²) in [6, 6.07) is 7.90. The van der Waals surface area contributed by atoms with Gasteiger partial charge in [-0.1, -0.05) is 32.4 Å². The van der Waals surface area contributed by atoms with E-state index >= 15 is 0 Å². The zero-order valence-electron chi connectivity index (χ0n) is 12.0. The van der Waals surface area contributed by atoms with Crippen molar-refractivity contribution >= 4 is 18.0 Å². The number of nitriles is 1. The average molecular weight is 286 g/mol. The first-order chi connectivity index (χ1) is 9.97. The van der Waals surface area contributed by atoms with E-state index in [1.807, 2.05) is 13.0 Å². The minimum absolute atomic E-state index is 0.151. The van der Waals surface area contributed by atoms with Crippen LogP contribution in [0.4, 0.5) is 0 Å². The van der Waals surface area contributed by atoms with Gasteiger partial charge in [0.25, 0.3) is 0 Å². The summed E-state index contributed by atoms with van der Waals surface area (Å²) < 4.78 is 0. The van der Waals surface area contributed by atoms with Crippen LogP contribution in [0, 0.1) is 17.2 Å². The molecule has 0 bridgehead atoms. The maximum atomic E-state index is 11.8. The van der Waals surface area contributed by atoms with E-state index in [-0.39, 0.29) is 5.92 Å². The summed E-state index contributed by atoms with van der Waals surface area (Å²) in [5, 5.41) is 20.4. The predicted octanol–water partition coefficient (Wildman–Crippen LogP) is 2.19. The van der Waals surface area contributed by atoms with Crippen molar-refractivity contribution in [2.24, 2.45) is 5.92 Å². The quantitative estimate of drug-likeness (QED) is 0.784. The molecule has 110 valence electrons. The number of hydrogen-bond acceptors (Lipinski definition) is 3. The molecule has 0 aromatic heterocycles. The fourth-order valence-corrected chi connectivity index (χ4v) is 1.77. The Kier molecular flexibility index (Phi) is 6.15. The van der Waals surface area contributed by atoms with Gasteiger partial charge in [0.2, 0.25) is 5.91 Å². The summed E-state index contributed by atoms with van der Waals surface area (Å²) in [5.74, 6) is -1.66. The fraction of sp³-hybridized carbons (Fsp3) is 0.312. The van der Waals surface area contributed by atoms with Crippen molar-refractivity contribution in [1.82, 2.24) is 5.32 Å². The molecule has 1 unspecified atom stereocenters. The number of hydrogen-bond donors (Lipinski definition) is 2. The highest BCUT2D eigenvalue weighted by Gasteiger charge is 2.24. The fourth-order valence-electron chi connectivity index (χ4n) is 1.77. The number of carbonyl (C=O) groups excluding carboxylic acids is 1. The number of carboxylic acids is 1. The third kappa shape index (κ3) is 5.11. The number of amides is 1. The highest BCUT2D eigenvalue weighted by Crippen LogP contribution is 2.09. The molecule has 0 aliphatic carbocycles. The van der Waals surface area contributed by atoms with Crippen LogP contribution in [0.2, 0.25) is 0 Å². The number of carbonyl (C=O) groups is 2. The van der Waals surface area contributed by atoms with E-state index in [2.05, 4.69) is 5.32 Å². The number of nitrogens with one attached hydrogen (secondary N) is 1. The van der Waals surface area contributed by atoms with Gasteiger partial charge < -0.3 is 10.4 Å². The standard InChI is InChI=1S/C16H18N2O3/c1-3-11(2)15(16(20)21)18-14(19)8-7-12-5-4-6-13(9-12)10-17/h4-9,11,15H,3H2,1-2H3,(H,18,19)(H,20,21)/b8-7+/t11?,15-/m0/s1. The molecule has 21 heavy (non-hydrogen) atoms. The maximum Gasteiger partial charge on any atom is 0.326 e. The molecule has 0 radical (unpaired) electrons. The second-order valence-corrected chi connectivity index (χ2v) is 4.78. The molecule has 0 aliphatic heterocycles. The molecule has 5 heteroatoms. The van der Waals surface area contributed by atoms with Crippen LogP contribution in [0.1, 0.15) is 31.4 Å². The predicted molar refractivity (Wildman–Crippen MR) is 79.2 cm³/mol. The van der Waals surface area contributed by atoms with Crippen LogP contribution in [-0.4, -0.2) is 23.0 Å². The molecule has 0 saturated carbocycles. The Morgan fingerprint density at radius 2 is 2.19 bits per heavy atom. The van der Waals surface area contributed by atoms with Crippen LogP contribution < -0.4 is 5.32 Å². The number of benzene rings is 1. The largest absolute Gasteiger partial charge is 0.480 e. The van der Waals surface area contributed by atoms with Crippen LogP contribution in [0.25, 0.3) is 6.08 Å². The zero-order valence-corrected chi connectivity index (χ0v) is 12.0. The monoisotopic (exact) mass is 286 g/mol. The summed E-state index contributed by atoms with van der Waals surface area (Å²) in [4.78, 5) is 22.9. The first-order valence-electron chi connectivity index (χ1n) is 6.69. The third-order valence-electron chi connectivity index (χ3n) is 3.22. The van der Waals surface area contributed by atoms with E-state index in [1.165, 1.54) is 6.08 Å². The Labute approximate surface area is 123 Å². The van der Waals surface area contributed by atoms with E-state index in [0.717, 1.165) is 0 Å². The summed E-state index contributed by atoms with van der Waals surface area (Å²) in [5.41, 5.74) is 1.21. The van der Waals surface area contributed by atoms with Crippen molar-refractivity contribution in [2.45, 2.75) is 26.3 Å². The molecule has 2 N–H and O–H groups in total.